The molecule has 1 saturated heterocycles. The monoisotopic (exact) mass is 491 g/mol. The summed E-state index contributed by atoms with van der Waals surface area (Å²) in [7, 11) is 2.99. The van der Waals surface area contributed by atoms with Crippen LogP contribution in [0.4, 0.5) is 0 Å². The summed E-state index contributed by atoms with van der Waals surface area (Å²) in [6.07, 6.45) is 6.07. The largest absolute Gasteiger partial charge is 0.872 e. The zero-order valence-corrected chi connectivity index (χ0v) is 20.5. The predicted molar refractivity (Wildman–Crippen MR) is 129 cm³/mol. The number of ether oxygens (including phenoxy) is 3. The van der Waals surface area contributed by atoms with E-state index in [-0.39, 0.29) is 12.1 Å². The van der Waals surface area contributed by atoms with Crippen LogP contribution in [-0.2, 0) is 16.1 Å². The first-order valence-corrected chi connectivity index (χ1v) is 11.7. The predicted octanol–water partition coefficient (Wildman–Crippen LogP) is 2.03. The lowest BCUT2D eigenvalue weighted by atomic mass is 9.94. The number of hydrogen-bond donors (Lipinski definition) is 1. The van der Waals surface area contributed by atoms with E-state index in [1.165, 1.54) is 19.1 Å². The van der Waals surface area contributed by atoms with E-state index in [4.69, 9.17) is 14.2 Å². The maximum absolute atomic E-state index is 13.7. The minimum Gasteiger partial charge on any atom is -0.872 e. The van der Waals surface area contributed by atoms with Gasteiger partial charge in [0, 0.05) is 24.1 Å². The summed E-state index contributed by atoms with van der Waals surface area (Å²) < 4.78 is 18.5. The second kappa shape index (κ2) is 11.0. The molecule has 1 unspecified atom stereocenters. The van der Waals surface area contributed by atoms with E-state index >= 15 is 0 Å². The van der Waals surface area contributed by atoms with Crippen LogP contribution >= 0.6 is 0 Å². The van der Waals surface area contributed by atoms with Crippen LogP contribution in [0.2, 0.25) is 0 Å². The smallest absolute Gasteiger partial charge is 0.295 e. The maximum Gasteiger partial charge on any atom is 0.295 e. The molecule has 36 heavy (non-hydrogen) atoms. The number of aryl methyl sites for hydroxylation is 1. The molecule has 0 saturated carbocycles. The van der Waals surface area contributed by atoms with E-state index in [9.17, 15) is 14.7 Å². The average Bonchev–Trinajstić information content (AvgIpc) is 3.50. The van der Waals surface area contributed by atoms with Gasteiger partial charge in [0.05, 0.1) is 33.4 Å². The number of amides is 1. The van der Waals surface area contributed by atoms with Gasteiger partial charge in [-0.05, 0) is 30.7 Å². The Morgan fingerprint density at radius 2 is 1.89 bits per heavy atom. The number of nitrogens with zero attached hydrogens (tertiary/aromatic N) is 2. The van der Waals surface area contributed by atoms with Crippen molar-refractivity contribution in [2.75, 3.05) is 27.4 Å². The van der Waals surface area contributed by atoms with Crippen molar-refractivity contribution in [1.82, 2.24) is 9.88 Å². The lowest BCUT2D eigenvalue weighted by molar-refractivity contribution is -0.695. The molecule has 9 heteroatoms. The summed E-state index contributed by atoms with van der Waals surface area (Å²) in [4.78, 5) is 30.9. The number of carbonyl (C=O) groups excluding carboxylic acids is 2. The third-order valence-electron chi connectivity index (χ3n) is 6.10. The molecular formula is C27H29N3O6. The number of H-pyrrole nitrogens is 1. The fraction of sp³-hybridized carbons (Fsp3) is 0.296. The van der Waals surface area contributed by atoms with Crippen molar-refractivity contribution in [3.63, 3.8) is 0 Å². The summed E-state index contributed by atoms with van der Waals surface area (Å²) in [5, 5.41) is 13.7. The molecule has 1 atom stereocenters. The van der Waals surface area contributed by atoms with Crippen molar-refractivity contribution in [3.8, 4) is 17.2 Å². The Balaban J connectivity index is 1.79. The standard InChI is InChI=1S/C27H29N3O6/c1-4-36-19-11-9-18(10-12-19)24(31)22-23(20-7-5-8-21(34-2)26(20)35-3)30(27(33)25(22)32)15-6-14-29-16-13-28-17-29/h5,7-13,16-17,23H,4,6,14-15H2,1-3H3,(H,31,32). The number of benzene rings is 2. The number of nitrogens with one attached hydrogen (secondary N) is 1. The summed E-state index contributed by atoms with van der Waals surface area (Å²) in [5.41, 5.74) is 0.704. The molecular weight excluding hydrogens is 462 g/mol. The van der Waals surface area contributed by atoms with Gasteiger partial charge in [0.15, 0.2) is 11.5 Å². The van der Waals surface area contributed by atoms with Crippen LogP contribution in [0.15, 0.2) is 66.8 Å². The van der Waals surface area contributed by atoms with Crippen LogP contribution in [0.1, 0.15) is 30.5 Å². The number of aromatic nitrogens is 2. The van der Waals surface area contributed by atoms with Crippen LogP contribution in [0.5, 0.6) is 17.2 Å². The van der Waals surface area contributed by atoms with Crippen molar-refractivity contribution >= 4 is 17.4 Å². The molecule has 3 aromatic rings. The Labute approximate surface area is 209 Å². The van der Waals surface area contributed by atoms with Gasteiger partial charge in [-0.2, -0.15) is 0 Å². The van der Waals surface area contributed by atoms with Crippen molar-refractivity contribution in [2.24, 2.45) is 0 Å². The maximum atomic E-state index is 13.7. The highest BCUT2D eigenvalue weighted by Gasteiger charge is 2.45. The van der Waals surface area contributed by atoms with E-state index in [0.29, 0.717) is 47.9 Å². The quantitative estimate of drug-likeness (QED) is 0.201. The van der Waals surface area contributed by atoms with Gasteiger partial charge in [-0.1, -0.05) is 30.0 Å². The van der Waals surface area contributed by atoms with E-state index in [0.717, 1.165) is 0 Å². The summed E-state index contributed by atoms with van der Waals surface area (Å²) in [6, 6.07) is 10.9. The lowest BCUT2D eigenvalue weighted by Gasteiger charge is -2.29. The summed E-state index contributed by atoms with van der Waals surface area (Å²) in [5.74, 6) is -0.597. The molecule has 0 spiro atoms. The molecule has 188 valence electrons. The van der Waals surface area contributed by atoms with Crippen molar-refractivity contribution in [1.29, 1.82) is 0 Å². The normalized spacial score (nSPS) is 16.9. The van der Waals surface area contributed by atoms with Crippen LogP contribution in [-0.4, -0.2) is 48.9 Å². The Hall–Kier alpha value is -4.27. The van der Waals surface area contributed by atoms with Gasteiger partial charge >= 0.3 is 0 Å². The van der Waals surface area contributed by atoms with Gasteiger partial charge in [-0.3, -0.25) is 14.6 Å². The van der Waals surface area contributed by atoms with Crippen LogP contribution in [0.25, 0.3) is 5.76 Å². The molecule has 9 nitrogen and oxygen atoms in total. The van der Waals surface area contributed by atoms with Gasteiger partial charge in [0.25, 0.3) is 5.91 Å². The van der Waals surface area contributed by atoms with E-state index < -0.39 is 23.5 Å². The Kier molecular flexibility index (Phi) is 7.58. The highest BCUT2D eigenvalue weighted by molar-refractivity contribution is 6.46. The number of hydrogen-bond acceptors (Lipinski definition) is 6. The highest BCUT2D eigenvalue weighted by Crippen LogP contribution is 2.45. The van der Waals surface area contributed by atoms with Crippen molar-refractivity contribution in [3.05, 3.63) is 77.9 Å². The van der Waals surface area contributed by atoms with Crippen LogP contribution in [0, 0.1) is 0 Å². The first-order valence-electron chi connectivity index (χ1n) is 11.7. The van der Waals surface area contributed by atoms with Crippen molar-refractivity contribution < 1.29 is 33.5 Å². The lowest BCUT2D eigenvalue weighted by Crippen LogP contribution is -2.36. The van der Waals surface area contributed by atoms with E-state index in [1.807, 2.05) is 24.0 Å². The second-order valence-electron chi connectivity index (χ2n) is 8.22. The van der Waals surface area contributed by atoms with Crippen LogP contribution < -0.4 is 23.9 Å². The molecule has 0 bridgehead atoms. The minimum absolute atomic E-state index is 0.106. The topological polar surface area (TPSA) is 108 Å². The molecule has 1 N–H and O–H groups in total. The Morgan fingerprint density at radius 3 is 2.53 bits per heavy atom. The van der Waals surface area contributed by atoms with Gasteiger partial charge in [0.2, 0.25) is 12.1 Å². The molecule has 1 amide bonds. The van der Waals surface area contributed by atoms with Crippen molar-refractivity contribution in [2.45, 2.75) is 25.9 Å². The Morgan fingerprint density at radius 1 is 1.11 bits per heavy atom. The Bertz CT molecular complexity index is 1250. The number of rotatable bonds is 10. The van der Waals surface area contributed by atoms with E-state index in [1.54, 1.807) is 48.7 Å². The van der Waals surface area contributed by atoms with Gasteiger partial charge in [-0.15, -0.1) is 0 Å². The number of aromatic amines is 1. The summed E-state index contributed by atoms with van der Waals surface area (Å²) >= 11 is 0. The fourth-order valence-electron chi connectivity index (χ4n) is 4.46. The fourth-order valence-corrected chi connectivity index (χ4v) is 4.46. The molecule has 0 aliphatic carbocycles. The van der Waals surface area contributed by atoms with E-state index in [2.05, 4.69) is 4.98 Å². The minimum atomic E-state index is -0.912. The van der Waals surface area contributed by atoms with Gasteiger partial charge in [0.1, 0.15) is 18.1 Å². The number of likely N-dealkylation sites (tertiary alicyclic amines) is 1. The number of methoxy groups -OCH3 is 2. The highest BCUT2D eigenvalue weighted by atomic mass is 16.5. The SMILES string of the molecule is CCOc1ccc(C([O-])=C2C(=O)C(=O)N(CCC[n+]3cc[nH]c3)C2c2cccc(OC)c2OC)cc1. The molecule has 1 fully saturated rings. The number of para-hydroxylation sites is 1. The molecule has 1 aliphatic heterocycles. The zero-order chi connectivity index (χ0) is 25.7. The second-order valence-corrected chi connectivity index (χ2v) is 8.22. The third kappa shape index (κ3) is 4.77. The molecule has 1 aromatic heterocycles. The third-order valence-corrected chi connectivity index (χ3v) is 6.10. The molecule has 1 aliphatic rings. The molecule has 2 aromatic carbocycles. The number of ketones is 1. The zero-order valence-electron chi connectivity index (χ0n) is 20.5. The average molecular weight is 492 g/mol. The number of imidazole rings is 1. The molecule has 2 heterocycles. The first-order chi connectivity index (χ1) is 17.5. The molecule has 0 radical (unpaired) electrons. The molecule has 4 rings (SSSR count). The van der Waals surface area contributed by atoms with Crippen LogP contribution in [0.3, 0.4) is 0 Å². The number of Topliss-reactive ketones (excluding diaryl/α,β-unsaturated/α-hetero) is 1. The van der Waals surface area contributed by atoms with Gasteiger partial charge < -0.3 is 24.2 Å². The van der Waals surface area contributed by atoms with Gasteiger partial charge in [-0.25, -0.2) is 4.57 Å². The number of carbonyl (C=O) groups is 2. The summed E-state index contributed by atoms with van der Waals surface area (Å²) in [6.45, 7) is 3.26. The first kappa shape index (κ1) is 24.8.